The maximum Gasteiger partial charge on any atom is 0.194 e. The first-order chi connectivity index (χ1) is 13.9. The fourth-order valence-electron chi connectivity index (χ4n) is 4.12. The van der Waals surface area contributed by atoms with Crippen LogP contribution in [0.4, 0.5) is 13.2 Å². The molecule has 0 radical (unpaired) electrons. The Morgan fingerprint density at radius 3 is 2.07 bits per heavy atom. The summed E-state index contributed by atoms with van der Waals surface area (Å²) >= 11 is 0. The number of benzene rings is 2. The van der Waals surface area contributed by atoms with E-state index in [0.717, 1.165) is 28.8 Å². The van der Waals surface area contributed by atoms with Crippen molar-refractivity contribution in [3.63, 3.8) is 0 Å². The molecule has 2 aromatic carbocycles. The number of Topliss-reactive ketones (excluding diaryl/α,β-unsaturated/α-hetero) is 1. The molecule has 1 aliphatic heterocycles. The zero-order valence-corrected chi connectivity index (χ0v) is 18.3. The van der Waals surface area contributed by atoms with Gasteiger partial charge in [0.15, 0.2) is 23.2 Å². The van der Waals surface area contributed by atoms with E-state index in [-0.39, 0.29) is 11.3 Å². The van der Waals surface area contributed by atoms with E-state index in [2.05, 4.69) is 0 Å². The Hall–Kier alpha value is -2.40. The van der Waals surface area contributed by atoms with Crippen LogP contribution in [0.25, 0.3) is 16.7 Å². The van der Waals surface area contributed by atoms with Gasteiger partial charge >= 0.3 is 0 Å². The van der Waals surface area contributed by atoms with Crippen LogP contribution in [-0.4, -0.2) is 17.0 Å². The van der Waals surface area contributed by atoms with E-state index < -0.39 is 28.7 Å². The summed E-state index contributed by atoms with van der Waals surface area (Å²) in [5.74, 6) is -4.04. The Kier molecular flexibility index (Phi) is 5.72. The van der Waals surface area contributed by atoms with Crippen molar-refractivity contribution >= 4 is 11.4 Å². The van der Waals surface area contributed by atoms with E-state index in [9.17, 15) is 18.0 Å². The summed E-state index contributed by atoms with van der Waals surface area (Å²) in [4.78, 5) is 13.3. The highest BCUT2D eigenvalue weighted by molar-refractivity contribution is 6.26. The van der Waals surface area contributed by atoms with Gasteiger partial charge in [0.1, 0.15) is 5.60 Å². The minimum absolute atomic E-state index is 0.0905. The van der Waals surface area contributed by atoms with Gasteiger partial charge in [0, 0.05) is 5.57 Å². The lowest BCUT2D eigenvalue weighted by molar-refractivity contribution is -0.155. The third-order valence-corrected chi connectivity index (χ3v) is 6.17. The second-order valence-corrected chi connectivity index (χ2v) is 8.51. The number of halogens is 3. The molecular weight excluding hydrogens is 389 g/mol. The number of carbonyl (C=O) groups is 1. The number of ether oxygens (including phenoxy) is 1. The van der Waals surface area contributed by atoms with Crippen LogP contribution in [0.3, 0.4) is 0 Å². The average Bonchev–Trinajstić information content (AvgIpc) is 2.70. The van der Waals surface area contributed by atoms with Gasteiger partial charge in [-0.15, -0.1) is 0 Å². The molecule has 0 spiro atoms. The Balaban J connectivity index is 2.20. The summed E-state index contributed by atoms with van der Waals surface area (Å²) in [6.07, 6.45) is 1.33. The fraction of sp³-hybridized carbons (Fsp3) is 0.400. The van der Waals surface area contributed by atoms with Crippen molar-refractivity contribution in [2.45, 2.75) is 65.6 Å². The minimum atomic E-state index is -1.49. The Morgan fingerprint density at radius 1 is 0.933 bits per heavy atom. The maximum absolute atomic E-state index is 13.7. The highest BCUT2D eigenvalue weighted by atomic mass is 19.2. The predicted octanol–water partition coefficient (Wildman–Crippen LogP) is 6.65. The Morgan fingerprint density at radius 2 is 1.53 bits per heavy atom. The molecule has 0 bridgehead atoms. The first-order valence-electron chi connectivity index (χ1n) is 10.2. The van der Waals surface area contributed by atoms with Crippen LogP contribution in [0.15, 0.2) is 35.9 Å². The summed E-state index contributed by atoms with van der Waals surface area (Å²) in [5.41, 5.74) is 2.44. The number of carbonyl (C=O) groups excluding carboxylic acids is 1. The normalized spacial score (nSPS) is 21.3. The van der Waals surface area contributed by atoms with Gasteiger partial charge in [-0.2, -0.15) is 0 Å². The molecule has 0 saturated heterocycles. The highest BCUT2D eigenvalue weighted by Gasteiger charge is 2.46. The van der Waals surface area contributed by atoms with Gasteiger partial charge in [0.25, 0.3) is 0 Å². The van der Waals surface area contributed by atoms with Crippen molar-refractivity contribution in [2.75, 3.05) is 0 Å². The average molecular weight is 416 g/mol. The molecule has 3 rings (SSSR count). The lowest BCUT2D eigenvalue weighted by atomic mass is 9.76. The molecule has 1 heterocycles. The molecule has 0 N–H and O–H groups in total. The third-order valence-electron chi connectivity index (χ3n) is 6.17. The molecule has 0 saturated carbocycles. The molecule has 0 fully saturated rings. The molecule has 160 valence electrons. The molecule has 1 unspecified atom stereocenters. The van der Waals surface area contributed by atoms with Crippen molar-refractivity contribution in [1.82, 2.24) is 0 Å². The van der Waals surface area contributed by atoms with Crippen LogP contribution in [-0.2, 0) is 16.0 Å². The number of aryl methyl sites for hydroxylation is 1. The van der Waals surface area contributed by atoms with Crippen LogP contribution in [0.5, 0.6) is 0 Å². The van der Waals surface area contributed by atoms with E-state index in [1.54, 1.807) is 26.0 Å². The third kappa shape index (κ3) is 3.60. The van der Waals surface area contributed by atoms with Crippen molar-refractivity contribution in [3.05, 3.63) is 64.5 Å². The molecular formula is C25H27F3O2. The molecule has 0 aliphatic carbocycles. The van der Waals surface area contributed by atoms with Crippen LogP contribution in [0.2, 0.25) is 0 Å². The van der Waals surface area contributed by atoms with Gasteiger partial charge < -0.3 is 4.74 Å². The molecule has 1 aliphatic rings. The summed E-state index contributed by atoms with van der Waals surface area (Å²) < 4.78 is 46.9. The smallest absolute Gasteiger partial charge is 0.194 e. The number of rotatable bonds is 4. The van der Waals surface area contributed by atoms with E-state index in [1.807, 2.05) is 33.8 Å². The quantitative estimate of drug-likeness (QED) is 0.522. The number of ketones is 1. The topological polar surface area (TPSA) is 26.3 Å². The molecule has 2 aromatic rings. The minimum Gasteiger partial charge on any atom is -0.357 e. The standard InChI is InChI=1S/C25H27F3O2/c1-7-15-11-16(17-12-19(26)22(28)20(27)13-17)9-10-18(15)21-14(3)25(6,8-2)30-24(4,5)23(21)29/h9-13H,7-8H2,1-6H3. The molecule has 2 nitrogen and oxygen atoms in total. The number of hydrogen-bond donors (Lipinski definition) is 0. The predicted molar refractivity (Wildman–Crippen MR) is 113 cm³/mol. The zero-order chi connectivity index (χ0) is 22.4. The SMILES string of the molecule is CCc1cc(-c2cc(F)c(F)c(F)c2)ccc1C1=C(C)C(C)(CC)OC(C)(C)C1=O. The van der Waals surface area contributed by atoms with E-state index in [1.165, 1.54) is 0 Å². The van der Waals surface area contributed by atoms with E-state index in [4.69, 9.17) is 4.74 Å². The second-order valence-electron chi connectivity index (χ2n) is 8.51. The first-order valence-corrected chi connectivity index (χ1v) is 10.2. The largest absolute Gasteiger partial charge is 0.357 e. The van der Waals surface area contributed by atoms with E-state index >= 15 is 0 Å². The van der Waals surface area contributed by atoms with Crippen LogP contribution >= 0.6 is 0 Å². The van der Waals surface area contributed by atoms with Gasteiger partial charge in [-0.05, 0) is 80.5 Å². The van der Waals surface area contributed by atoms with Gasteiger partial charge in [0.05, 0.1) is 5.60 Å². The van der Waals surface area contributed by atoms with Crippen molar-refractivity contribution in [3.8, 4) is 11.1 Å². The first kappa shape index (κ1) is 22.3. The van der Waals surface area contributed by atoms with Gasteiger partial charge in [-0.25, -0.2) is 13.2 Å². The monoisotopic (exact) mass is 416 g/mol. The van der Waals surface area contributed by atoms with Crippen LogP contribution < -0.4 is 0 Å². The Bertz CT molecular complexity index is 1030. The van der Waals surface area contributed by atoms with Gasteiger partial charge in [0.2, 0.25) is 0 Å². The fourth-order valence-corrected chi connectivity index (χ4v) is 4.12. The van der Waals surface area contributed by atoms with Gasteiger partial charge in [-0.1, -0.05) is 32.0 Å². The molecule has 1 atom stereocenters. The molecule has 0 aromatic heterocycles. The van der Waals surface area contributed by atoms with Crippen LogP contribution in [0.1, 0.15) is 59.1 Å². The van der Waals surface area contributed by atoms with Crippen molar-refractivity contribution < 1.29 is 22.7 Å². The van der Waals surface area contributed by atoms with Crippen molar-refractivity contribution in [2.24, 2.45) is 0 Å². The summed E-state index contributed by atoms with van der Waals surface area (Å²) in [7, 11) is 0. The summed E-state index contributed by atoms with van der Waals surface area (Å²) in [5, 5.41) is 0. The zero-order valence-electron chi connectivity index (χ0n) is 18.3. The van der Waals surface area contributed by atoms with Crippen LogP contribution in [0, 0.1) is 17.5 Å². The summed E-state index contributed by atoms with van der Waals surface area (Å²) in [6.45, 7) is 11.4. The Labute approximate surface area is 175 Å². The molecule has 30 heavy (non-hydrogen) atoms. The lowest BCUT2D eigenvalue weighted by Crippen LogP contribution is -2.50. The van der Waals surface area contributed by atoms with Crippen molar-refractivity contribution in [1.29, 1.82) is 0 Å². The van der Waals surface area contributed by atoms with Gasteiger partial charge in [-0.3, -0.25) is 4.79 Å². The summed E-state index contributed by atoms with van der Waals surface area (Å²) in [6, 6.07) is 7.28. The second kappa shape index (κ2) is 7.69. The molecule has 5 heteroatoms. The highest BCUT2D eigenvalue weighted by Crippen LogP contribution is 2.44. The van der Waals surface area contributed by atoms with E-state index in [0.29, 0.717) is 24.0 Å². The maximum atomic E-state index is 13.7. The lowest BCUT2D eigenvalue weighted by Gasteiger charge is -2.44. The number of hydrogen-bond acceptors (Lipinski definition) is 2. The molecule has 0 amide bonds.